The van der Waals surface area contributed by atoms with Crippen molar-refractivity contribution in [1.29, 1.82) is 5.26 Å². The van der Waals surface area contributed by atoms with Crippen LogP contribution in [-0.2, 0) is 10.8 Å². The lowest BCUT2D eigenvalue weighted by Crippen LogP contribution is -2.36. The molecule has 0 amide bonds. The van der Waals surface area contributed by atoms with E-state index in [1.54, 1.807) is 0 Å². The molecule has 56 heavy (non-hydrogen) atoms. The van der Waals surface area contributed by atoms with Gasteiger partial charge in [-0.15, -0.1) is 0 Å². The molecule has 0 radical (unpaired) electrons. The molecule has 0 saturated heterocycles. The first-order valence-corrected chi connectivity index (χ1v) is 20.0. The number of hydrogen-bond acceptors (Lipinski definition) is 4. The van der Waals surface area contributed by atoms with E-state index in [0.29, 0.717) is 16.7 Å². The van der Waals surface area contributed by atoms with Crippen LogP contribution in [0.25, 0.3) is 22.3 Å². The van der Waals surface area contributed by atoms with E-state index in [1.165, 1.54) is 28.0 Å². The average molecular weight is 789 g/mol. The fourth-order valence-corrected chi connectivity index (χ4v) is 10.1. The summed E-state index contributed by atoms with van der Waals surface area (Å²) in [6.45, 7) is 11.4. The summed E-state index contributed by atoms with van der Waals surface area (Å²) in [6, 6.07) is 33.8. The number of nitriles is 1. The van der Waals surface area contributed by atoms with Crippen LogP contribution in [0.4, 0.5) is 22.7 Å². The number of para-hydroxylation sites is 1. The Hall–Kier alpha value is -6.14. The van der Waals surface area contributed by atoms with Gasteiger partial charge in [0.25, 0.3) is 0 Å². The Balaban J connectivity index is 1.23. The second-order valence-electron chi connectivity index (χ2n) is 16.4. The molecule has 0 aromatic heterocycles. The standard InChI is InChI=1S/C51H38BrN3O/c1-30-18-23-46-41(24-30)51(4,5)40-14-8-11-17-45(40)55(46)48-28-35-34-27-47(54-43-15-9-6-12-38(43)50(2,3)39-13-7-10-16-44(39)54)33(32-21-19-31(29-53)20-22-32)25-36(34)49(56)37(35)26-42(48)52/h6,9,12-28H,8,11H2,1-5H3. The van der Waals surface area contributed by atoms with Crippen LogP contribution >= 0.6 is 15.9 Å². The molecule has 0 bridgehead atoms. The van der Waals surface area contributed by atoms with Crippen molar-refractivity contribution in [2.45, 2.75) is 58.3 Å². The Morgan fingerprint density at radius 2 is 1.38 bits per heavy atom. The highest BCUT2D eigenvalue weighted by atomic mass is 79.9. The van der Waals surface area contributed by atoms with Gasteiger partial charge in [0.1, 0.15) is 0 Å². The van der Waals surface area contributed by atoms with Crippen molar-refractivity contribution in [3.05, 3.63) is 187 Å². The number of anilines is 4. The summed E-state index contributed by atoms with van der Waals surface area (Å²) in [5, 5.41) is 9.66. The lowest BCUT2D eigenvalue weighted by molar-refractivity contribution is 0.104. The summed E-state index contributed by atoms with van der Waals surface area (Å²) in [5.41, 5.74) is 24.2. The number of allylic oxidation sites excluding steroid dienone is 6. The first kappa shape index (κ1) is 34.4. The Morgan fingerprint density at radius 3 is 2.16 bits per heavy atom. The molecule has 10 rings (SSSR count). The maximum absolute atomic E-state index is 14.6. The molecular weight excluding hydrogens is 750 g/mol. The van der Waals surface area contributed by atoms with E-state index in [1.807, 2.05) is 36.4 Å². The number of halogens is 1. The fourth-order valence-electron chi connectivity index (χ4n) is 9.55. The van der Waals surface area contributed by atoms with Crippen LogP contribution in [0.3, 0.4) is 0 Å². The molecule has 270 valence electrons. The SMILES string of the molecule is Cc1ccc2c(c1)C(C)(C)C1=CCCC=C1N2c1cc2c(cc1Br)C(=O)c1cc(-c3ccc(C#N)cc3)c(N3C4=C(C=C=C=C4)C(C)(C)c4ccccc43)cc1-2. The lowest BCUT2D eigenvalue weighted by Gasteiger charge is -2.46. The van der Waals surface area contributed by atoms with Gasteiger partial charge in [-0.2, -0.15) is 5.26 Å². The molecule has 0 atom stereocenters. The van der Waals surface area contributed by atoms with Crippen molar-refractivity contribution < 1.29 is 4.79 Å². The molecular formula is C51H38BrN3O. The molecule has 5 aromatic carbocycles. The smallest absolute Gasteiger partial charge is 0.194 e. The minimum Gasteiger partial charge on any atom is -0.309 e. The number of fused-ring (bicyclic) bond motifs is 6. The number of ketones is 1. The molecule has 0 fully saturated rings. The van der Waals surface area contributed by atoms with Gasteiger partial charge in [0, 0.05) is 43.8 Å². The first-order valence-electron chi connectivity index (χ1n) is 19.2. The number of carbonyl (C=O) groups excluding carboxylic acids is 1. The second-order valence-corrected chi connectivity index (χ2v) is 17.3. The van der Waals surface area contributed by atoms with Gasteiger partial charge in [0.05, 0.1) is 40.1 Å². The van der Waals surface area contributed by atoms with Crippen molar-refractivity contribution in [2.24, 2.45) is 0 Å². The Morgan fingerprint density at radius 1 is 0.679 bits per heavy atom. The summed E-state index contributed by atoms with van der Waals surface area (Å²) in [4.78, 5) is 19.3. The molecule has 2 heterocycles. The van der Waals surface area contributed by atoms with Gasteiger partial charge in [-0.1, -0.05) is 99.3 Å². The summed E-state index contributed by atoms with van der Waals surface area (Å²) in [6.07, 6.45) is 10.9. The number of benzene rings is 5. The Labute approximate surface area is 336 Å². The number of carbonyl (C=O) groups is 1. The predicted molar refractivity (Wildman–Crippen MR) is 230 cm³/mol. The zero-order valence-corrected chi connectivity index (χ0v) is 33.6. The third-order valence-corrected chi connectivity index (χ3v) is 13.1. The quantitative estimate of drug-likeness (QED) is 0.168. The summed E-state index contributed by atoms with van der Waals surface area (Å²) in [7, 11) is 0. The summed E-state index contributed by atoms with van der Waals surface area (Å²) < 4.78 is 0.870. The summed E-state index contributed by atoms with van der Waals surface area (Å²) in [5.74, 6) is 0.000440. The normalized spacial score (nSPS) is 17.6. The average Bonchev–Trinajstić information content (AvgIpc) is 3.47. The van der Waals surface area contributed by atoms with Gasteiger partial charge >= 0.3 is 0 Å². The zero-order chi connectivity index (χ0) is 38.7. The van der Waals surface area contributed by atoms with Crippen molar-refractivity contribution in [3.63, 3.8) is 0 Å². The highest BCUT2D eigenvalue weighted by molar-refractivity contribution is 9.10. The van der Waals surface area contributed by atoms with Crippen LogP contribution in [0.2, 0.25) is 0 Å². The number of aryl methyl sites for hydroxylation is 1. The van der Waals surface area contributed by atoms with E-state index in [4.69, 9.17) is 0 Å². The third-order valence-electron chi connectivity index (χ3n) is 12.4. The van der Waals surface area contributed by atoms with Crippen molar-refractivity contribution in [1.82, 2.24) is 0 Å². The molecule has 5 heteroatoms. The highest BCUT2D eigenvalue weighted by Crippen LogP contribution is 2.56. The number of rotatable bonds is 3. The zero-order valence-electron chi connectivity index (χ0n) is 32.0. The molecule has 0 saturated carbocycles. The first-order chi connectivity index (χ1) is 27.0. The maximum Gasteiger partial charge on any atom is 0.194 e. The van der Waals surface area contributed by atoms with Crippen LogP contribution in [0.15, 0.2) is 154 Å². The van der Waals surface area contributed by atoms with E-state index >= 15 is 0 Å². The van der Waals surface area contributed by atoms with Gasteiger partial charge in [-0.3, -0.25) is 4.79 Å². The van der Waals surface area contributed by atoms with E-state index in [-0.39, 0.29) is 16.6 Å². The van der Waals surface area contributed by atoms with E-state index in [2.05, 4.69) is 157 Å². The van der Waals surface area contributed by atoms with Crippen LogP contribution in [0.5, 0.6) is 0 Å². The second kappa shape index (κ2) is 12.2. The topological polar surface area (TPSA) is 47.3 Å². The minimum atomic E-state index is -0.276. The maximum atomic E-state index is 14.6. The molecule has 0 unspecified atom stereocenters. The molecule has 4 nitrogen and oxygen atoms in total. The van der Waals surface area contributed by atoms with Gasteiger partial charge in [0.2, 0.25) is 0 Å². The summed E-state index contributed by atoms with van der Waals surface area (Å²) >= 11 is 3.98. The number of hydrogen-bond donors (Lipinski definition) is 0. The monoisotopic (exact) mass is 787 g/mol. The van der Waals surface area contributed by atoms with E-state index in [0.717, 1.165) is 73.6 Å². The van der Waals surface area contributed by atoms with Crippen molar-refractivity contribution in [2.75, 3.05) is 9.80 Å². The molecule has 0 N–H and O–H groups in total. The predicted octanol–water partition coefficient (Wildman–Crippen LogP) is 13.1. The fraction of sp³-hybridized carbons (Fsp3) is 0.176. The highest BCUT2D eigenvalue weighted by Gasteiger charge is 2.42. The van der Waals surface area contributed by atoms with Crippen LogP contribution < -0.4 is 9.80 Å². The van der Waals surface area contributed by atoms with Crippen LogP contribution in [0, 0.1) is 18.3 Å². The largest absolute Gasteiger partial charge is 0.309 e. The van der Waals surface area contributed by atoms with Crippen LogP contribution in [-0.4, -0.2) is 5.78 Å². The molecule has 3 aliphatic carbocycles. The van der Waals surface area contributed by atoms with Gasteiger partial charge < -0.3 is 9.80 Å². The van der Waals surface area contributed by atoms with Crippen molar-refractivity contribution >= 4 is 44.5 Å². The Bertz CT molecular complexity index is 2880. The minimum absolute atomic E-state index is 0.000440. The molecule has 5 aromatic rings. The lowest BCUT2D eigenvalue weighted by atomic mass is 9.70. The number of nitrogens with zero attached hydrogens (tertiary/aromatic N) is 3. The van der Waals surface area contributed by atoms with Gasteiger partial charge in [-0.05, 0) is 129 Å². The van der Waals surface area contributed by atoms with Crippen molar-refractivity contribution in [3.8, 4) is 28.3 Å². The van der Waals surface area contributed by atoms with E-state index < -0.39 is 0 Å². The van der Waals surface area contributed by atoms with Crippen LogP contribution in [0.1, 0.15) is 78.7 Å². The molecule has 5 aliphatic rings. The Kier molecular flexibility index (Phi) is 7.47. The third kappa shape index (κ3) is 4.81. The van der Waals surface area contributed by atoms with Gasteiger partial charge in [0.15, 0.2) is 5.78 Å². The molecule has 0 spiro atoms. The van der Waals surface area contributed by atoms with E-state index in [9.17, 15) is 10.1 Å². The van der Waals surface area contributed by atoms with Gasteiger partial charge in [-0.25, -0.2) is 0 Å². The molecule has 2 aliphatic heterocycles.